The Morgan fingerprint density at radius 2 is 2.25 bits per heavy atom. The molecule has 16 heavy (non-hydrogen) atoms. The van der Waals surface area contributed by atoms with Gasteiger partial charge in [-0.1, -0.05) is 11.6 Å². The molecule has 86 valence electrons. The monoisotopic (exact) mass is 242 g/mol. The molecule has 0 bridgehead atoms. The van der Waals surface area contributed by atoms with E-state index in [4.69, 9.17) is 26.2 Å². The number of carbonyl (C=O) groups is 1. The van der Waals surface area contributed by atoms with E-state index < -0.39 is 5.97 Å². The number of hydrogen-bond donors (Lipinski definition) is 1. The number of aliphatic carboxylic acids is 1. The molecule has 0 fully saturated rings. The average molecular weight is 243 g/mol. The Morgan fingerprint density at radius 3 is 3.00 bits per heavy atom. The summed E-state index contributed by atoms with van der Waals surface area (Å²) >= 11 is 5.92. The first-order valence-electron chi connectivity index (χ1n) is 4.96. The van der Waals surface area contributed by atoms with Gasteiger partial charge in [0.2, 0.25) is 6.79 Å². The lowest BCUT2D eigenvalue weighted by atomic mass is 10.1. The molecule has 1 aliphatic heterocycles. The Hall–Kier alpha value is -1.42. The molecular weight excluding hydrogens is 232 g/mol. The molecule has 0 atom stereocenters. The molecule has 0 aromatic heterocycles. The van der Waals surface area contributed by atoms with Crippen LogP contribution in [0.5, 0.6) is 11.5 Å². The van der Waals surface area contributed by atoms with Crippen molar-refractivity contribution in [1.82, 2.24) is 0 Å². The molecule has 1 aliphatic rings. The van der Waals surface area contributed by atoms with Crippen LogP contribution in [0.15, 0.2) is 12.1 Å². The molecule has 1 heterocycles. The van der Waals surface area contributed by atoms with E-state index in [9.17, 15) is 4.79 Å². The predicted molar refractivity (Wildman–Crippen MR) is 58.1 cm³/mol. The highest BCUT2D eigenvalue weighted by Gasteiger charge is 2.18. The number of carboxylic acids is 1. The van der Waals surface area contributed by atoms with Crippen LogP contribution >= 0.6 is 11.6 Å². The minimum atomic E-state index is -0.796. The van der Waals surface area contributed by atoms with Gasteiger partial charge >= 0.3 is 5.97 Å². The van der Waals surface area contributed by atoms with Crippen molar-refractivity contribution < 1.29 is 19.4 Å². The van der Waals surface area contributed by atoms with Gasteiger partial charge in [0.15, 0.2) is 11.5 Å². The first-order valence-corrected chi connectivity index (χ1v) is 5.34. The summed E-state index contributed by atoms with van der Waals surface area (Å²) in [5, 5.41) is 9.14. The zero-order valence-corrected chi connectivity index (χ0v) is 9.29. The third kappa shape index (κ3) is 2.39. The molecular formula is C11H11ClO4. The number of hydrogen-bond acceptors (Lipinski definition) is 3. The van der Waals surface area contributed by atoms with Crippen LogP contribution in [-0.2, 0) is 11.2 Å². The smallest absolute Gasteiger partial charge is 0.303 e. The fraction of sp³-hybridized carbons (Fsp3) is 0.364. The van der Waals surface area contributed by atoms with Gasteiger partial charge in [-0.3, -0.25) is 4.79 Å². The Bertz CT molecular complexity index is 417. The van der Waals surface area contributed by atoms with E-state index in [0.717, 1.165) is 5.56 Å². The van der Waals surface area contributed by atoms with Gasteiger partial charge in [0.25, 0.3) is 0 Å². The van der Waals surface area contributed by atoms with E-state index in [-0.39, 0.29) is 13.2 Å². The van der Waals surface area contributed by atoms with Crippen molar-refractivity contribution >= 4 is 17.6 Å². The summed E-state index contributed by atoms with van der Waals surface area (Å²) in [6.07, 6.45) is 1.33. The molecule has 5 heteroatoms. The third-order valence-corrected chi connectivity index (χ3v) is 2.57. The number of halogens is 1. The van der Waals surface area contributed by atoms with Crippen molar-refractivity contribution in [1.29, 1.82) is 0 Å². The Balaban J connectivity index is 2.11. The lowest BCUT2D eigenvalue weighted by Gasteiger charge is -2.05. The highest BCUT2D eigenvalue weighted by Crippen LogP contribution is 2.38. The fourth-order valence-electron chi connectivity index (χ4n) is 1.66. The summed E-state index contributed by atoms with van der Waals surface area (Å²) in [7, 11) is 0. The molecule has 2 rings (SSSR count). The second-order valence-corrected chi connectivity index (χ2v) is 3.98. The van der Waals surface area contributed by atoms with Gasteiger partial charge in [0.1, 0.15) is 0 Å². The topological polar surface area (TPSA) is 55.8 Å². The molecule has 0 aliphatic carbocycles. The van der Waals surface area contributed by atoms with E-state index >= 15 is 0 Å². The Kier molecular flexibility index (Phi) is 3.19. The van der Waals surface area contributed by atoms with Gasteiger partial charge in [-0.25, -0.2) is 0 Å². The van der Waals surface area contributed by atoms with Crippen LogP contribution in [0.25, 0.3) is 0 Å². The summed E-state index contributed by atoms with van der Waals surface area (Å²) in [6.45, 7) is 0.196. The summed E-state index contributed by atoms with van der Waals surface area (Å²) in [5.41, 5.74) is 0.904. The maximum absolute atomic E-state index is 10.4. The summed E-state index contributed by atoms with van der Waals surface area (Å²) in [4.78, 5) is 10.4. The van der Waals surface area contributed by atoms with Crippen LogP contribution in [0, 0.1) is 0 Å². The molecule has 0 saturated heterocycles. The maximum atomic E-state index is 10.4. The summed E-state index contributed by atoms with van der Waals surface area (Å²) < 4.78 is 10.5. The Morgan fingerprint density at radius 1 is 1.44 bits per heavy atom. The number of aryl methyl sites for hydroxylation is 1. The molecule has 1 aromatic rings. The lowest BCUT2D eigenvalue weighted by Crippen LogP contribution is -1.97. The van der Waals surface area contributed by atoms with E-state index in [2.05, 4.69) is 0 Å². The zero-order chi connectivity index (χ0) is 11.5. The molecule has 1 aromatic carbocycles. The molecule has 0 spiro atoms. The van der Waals surface area contributed by atoms with Gasteiger partial charge < -0.3 is 14.6 Å². The van der Waals surface area contributed by atoms with Crippen LogP contribution in [0.4, 0.5) is 0 Å². The fourth-order valence-corrected chi connectivity index (χ4v) is 1.89. The number of ether oxygens (including phenoxy) is 2. The van der Waals surface area contributed by atoms with Gasteiger partial charge in [-0.2, -0.15) is 0 Å². The predicted octanol–water partition coefficient (Wildman–Crippen LogP) is 2.48. The van der Waals surface area contributed by atoms with Crippen LogP contribution in [0.1, 0.15) is 18.4 Å². The van der Waals surface area contributed by atoms with Crippen LogP contribution in [0.2, 0.25) is 5.02 Å². The summed E-state index contributed by atoms with van der Waals surface area (Å²) in [5.74, 6) is 0.531. The van der Waals surface area contributed by atoms with Gasteiger partial charge in [-0.05, 0) is 24.5 Å². The number of carboxylic acid groups (broad SMARTS) is 1. The number of benzene rings is 1. The van der Waals surface area contributed by atoms with Crippen molar-refractivity contribution in [3.05, 3.63) is 22.7 Å². The van der Waals surface area contributed by atoms with Crippen molar-refractivity contribution in [2.75, 3.05) is 6.79 Å². The highest BCUT2D eigenvalue weighted by molar-refractivity contribution is 6.30. The lowest BCUT2D eigenvalue weighted by molar-refractivity contribution is -0.137. The maximum Gasteiger partial charge on any atom is 0.303 e. The molecule has 0 unspecified atom stereocenters. The SMILES string of the molecule is O=C(O)CCCc1cc(Cl)cc2c1OCO2. The summed E-state index contributed by atoms with van der Waals surface area (Å²) in [6, 6.07) is 3.49. The number of rotatable bonds is 4. The first-order chi connectivity index (χ1) is 7.66. The van der Waals surface area contributed by atoms with Crippen LogP contribution in [-0.4, -0.2) is 17.9 Å². The quantitative estimate of drug-likeness (QED) is 0.881. The minimum Gasteiger partial charge on any atom is -0.481 e. The van der Waals surface area contributed by atoms with Crippen LogP contribution < -0.4 is 9.47 Å². The van der Waals surface area contributed by atoms with Gasteiger partial charge in [0, 0.05) is 17.5 Å². The van der Waals surface area contributed by atoms with E-state index in [1.807, 2.05) is 0 Å². The molecule has 0 saturated carbocycles. The molecule has 0 amide bonds. The third-order valence-electron chi connectivity index (χ3n) is 2.35. The second kappa shape index (κ2) is 4.61. The van der Waals surface area contributed by atoms with E-state index in [1.54, 1.807) is 12.1 Å². The standard InChI is InChI=1S/C11H11ClO4/c12-8-4-7(2-1-3-10(13)14)11-9(5-8)15-6-16-11/h4-5H,1-3,6H2,(H,13,14). The van der Waals surface area contributed by atoms with Gasteiger partial charge in [-0.15, -0.1) is 0 Å². The van der Waals surface area contributed by atoms with Crippen molar-refractivity contribution in [3.63, 3.8) is 0 Å². The normalized spacial score (nSPS) is 12.8. The van der Waals surface area contributed by atoms with Crippen molar-refractivity contribution in [3.8, 4) is 11.5 Å². The van der Waals surface area contributed by atoms with Crippen LogP contribution in [0.3, 0.4) is 0 Å². The minimum absolute atomic E-state index is 0.141. The highest BCUT2D eigenvalue weighted by atomic mass is 35.5. The molecule has 0 radical (unpaired) electrons. The average Bonchev–Trinajstić information content (AvgIpc) is 2.64. The van der Waals surface area contributed by atoms with Crippen molar-refractivity contribution in [2.24, 2.45) is 0 Å². The number of fused-ring (bicyclic) bond motifs is 1. The van der Waals surface area contributed by atoms with E-state index in [0.29, 0.717) is 29.4 Å². The van der Waals surface area contributed by atoms with E-state index in [1.165, 1.54) is 0 Å². The molecule has 4 nitrogen and oxygen atoms in total. The van der Waals surface area contributed by atoms with Crippen molar-refractivity contribution in [2.45, 2.75) is 19.3 Å². The second-order valence-electron chi connectivity index (χ2n) is 3.55. The zero-order valence-electron chi connectivity index (χ0n) is 8.53. The molecule has 1 N–H and O–H groups in total. The Labute approximate surface area is 97.7 Å². The first kappa shape index (κ1) is 11.1. The van der Waals surface area contributed by atoms with Gasteiger partial charge in [0.05, 0.1) is 0 Å². The largest absolute Gasteiger partial charge is 0.481 e.